The Morgan fingerprint density at radius 3 is 2.41 bits per heavy atom. The van der Waals surface area contributed by atoms with E-state index in [-0.39, 0.29) is 17.7 Å². The first-order chi connectivity index (χ1) is 13.0. The van der Waals surface area contributed by atoms with E-state index in [9.17, 15) is 9.59 Å². The third kappa shape index (κ3) is 4.58. The zero-order valence-electron chi connectivity index (χ0n) is 15.7. The average Bonchev–Trinajstić information content (AvgIpc) is 3.28. The number of halogens is 1. The summed E-state index contributed by atoms with van der Waals surface area (Å²) in [5.74, 6) is 0.0926. The van der Waals surface area contributed by atoms with Crippen molar-refractivity contribution in [1.82, 2.24) is 20.4 Å². The molecule has 6 nitrogen and oxygen atoms in total. The minimum Gasteiger partial charge on any atom is -0.354 e. The topological polar surface area (TPSA) is 76.0 Å². The van der Waals surface area contributed by atoms with Crippen molar-refractivity contribution in [2.75, 3.05) is 13.1 Å². The monoisotopic (exact) mass is 432 g/mol. The minimum atomic E-state index is -0.163. The molecule has 7 heteroatoms. The maximum atomic E-state index is 12.6. The lowest BCUT2D eigenvalue weighted by atomic mass is 10.1. The van der Waals surface area contributed by atoms with Crippen molar-refractivity contribution in [2.24, 2.45) is 5.92 Å². The summed E-state index contributed by atoms with van der Waals surface area (Å²) in [6.45, 7) is 4.57. The summed E-state index contributed by atoms with van der Waals surface area (Å²) in [5.41, 5.74) is 2.96. The molecule has 1 aromatic carbocycles. The van der Waals surface area contributed by atoms with Gasteiger partial charge in [-0.2, -0.15) is 5.10 Å². The van der Waals surface area contributed by atoms with E-state index in [1.165, 1.54) is 0 Å². The van der Waals surface area contributed by atoms with Gasteiger partial charge in [-0.1, -0.05) is 28.8 Å². The van der Waals surface area contributed by atoms with Crippen LogP contribution in [0.25, 0.3) is 5.69 Å². The highest BCUT2D eigenvalue weighted by atomic mass is 79.9. The third-order valence-electron chi connectivity index (χ3n) is 5.03. The van der Waals surface area contributed by atoms with Crippen molar-refractivity contribution in [2.45, 2.75) is 39.5 Å². The standard InChI is InChI=1S/C20H25BrN4O2/c1-13-18(14(2)25(24-13)17-9-7-16(21)8-10-17)20(27)23-12-11-22-19(26)15-5-3-4-6-15/h7-10,15H,3-6,11-12H2,1-2H3,(H,22,26)(H,23,27). The van der Waals surface area contributed by atoms with Crippen molar-refractivity contribution in [3.63, 3.8) is 0 Å². The van der Waals surface area contributed by atoms with Crippen molar-refractivity contribution >= 4 is 27.7 Å². The Labute approximate surface area is 167 Å². The van der Waals surface area contributed by atoms with E-state index in [4.69, 9.17) is 0 Å². The fourth-order valence-electron chi connectivity index (χ4n) is 3.59. The number of hydrogen-bond acceptors (Lipinski definition) is 3. The van der Waals surface area contributed by atoms with Crippen molar-refractivity contribution < 1.29 is 9.59 Å². The first-order valence-corrected chi connectivity index (χ1v) is 10.1. The maximum Gasteiger partial charge on any atom is 0.255 e. The summed E-state index contributed by atoms with van der Waals surface area (Å²) >= 11 is 3.42. The molecule has 1 fully saturated rings. The number of aromatic nitrogens is 2. The Morgan fingerprint density at radius 2 is 1.74 bits per heavy atom. The van der Waals surface area contributed by atoms with E-state index in [1.807, 2.05) is 38.1 Å². The highest BCUT2D eigenvalue weighted by Crippen LogP contribution is 2.24. The molecule has 0 spiro atoms. The summed E-state index contributed by atoms with van der Waals surface area (Å²) in [6, 6.07) is 7.78. The number of nitrogens with one attached hydrogen (secondary N) is 2. The molecule has 0 atom stereocenters. The van der Waals surface area contributed by atoms with Crippen molar-refractivity contribution in [1.29, 1.82) is 0 Å². The summed E-state index contributed by atoms with van der Waals surface area (Å²) in [6.07, 6.45) is 4.23. The van der Waals surface area contributed by atoms with Gasteiger partial charge in [-0.25, -0.2) is 4.68 Å². The van der Waals surface area contributed by atoms with Gasteiger partial charge in [0, 0.05) is 23.5 Å². The van der Waals surface area contributed by atoms with E-state index in [2.05, 4.69) is 31.7 Å². The van der Waals surface area contributed by atoms with Gasteiger partial charge in [-0.05, 0) is 51.0 Å². The van der Waals surface area contributed by atoms with E-state index in [1.54, 1.807) is 4.68 Å². The molecular formula is C20H25BrN4O2. The van der Waals surface area contributed by atoms with Gasteiger partial charge < -0.3 is 10.6 Å². The normalized spacial score (nSPS) is 14.3. The van der Waals surface area contributed by atoms with Crippen LogP contribution in [-0.2, 0) is 4.79 Å². The summed E-state index contributed by atoms with van der Waals surface area (Å²) in [7, 11) is 0. The lowest BCUT2D eigenvalue weighted by molar-refractivity contribution is -0.124. The Morgan fingerprint density at radius 1 is 1.11 bits per heavy atom. The Bertz CT molecular complexity index is 823. The minimum absolute atomic E-state index is 0.108. The molecule has 1 heterocycles. The van der Waals surface area contributed by atoms with Crippen LogP contribution in [0, 0.1) is 19.8 Å². The largest absolute Gasteiger partial charge is 0.354 e. The number of amides is 2. The summed E-state index contributed by atoms with van der Waals surface area (Å²) in [4.78, 5) is 24.6. The van der Waals surface area contributed by atoms with Crippen LogP contribution in [0.4, 0.5) is 0 Å². The average molecular weight is 433 g/mol. The van der Waals surface area contributed by atoms with Gasteiger partial charge in [-0.15, -0.1) is 0 Å². The summed E-state index contributed by atoms with van der Waals surface area (Å²) in [5, 5.41) is 10.3. The predicted molar refractivity (Wildman–Crippen MR) is 108 cm³/mol. The van der Waals surface area contributed by atoms with Crippen LogP contribution < -0.4 is 10.6 Å². The molecule has 0 unspecified atom stereocenters. The number of benzene rings is 1. The molecule has 0 bridgehead atoms. The number of hydrogen-bond donors (Lipinski definition) is 2. The molecule has 0 radical (unpaired) electrons. The Kier molecular flexibility index (Phi) is 6.31. The van der Waals surface area contributed by atoms with E-state index < -0.39 is 0 Å². The first kappa shape index (κ1) is 19.6. The SMILES string of the molecule is Cc1nn(-c2ccc(Br)cc2)c(C)c1C(=O)NCCNC(=O)C1CCCC1. The Hall–Kier alpha value is -2.15. The second-order valence-corrected chi connectivity index (χ2v) is 7.88. The molecule has 0 aliphatic heterocycles. The van der Waals surface area contributed by atoms with E-state index >= 15 is 0 Å². The number of nitrogens with zero attached hydrogens (tertiary/aromatic N) is 2. The van der Waals surface area contributed by atoms with Gasteiger partial charge in [0.2, 0.25) is 5.91 Å². The van der Waals surface area contributed by atoms with Crippen molar-refractivity contribution in [3.8, 4) is 5.69 Å². The van der Waals surface area contributed by atoms with Crippen LogP contribution in [0.1, 0.15) is 47.4 Å². The zero-order chi connectivity index (χ0) is 19.4. The molecule has 144 valence electrons. The second-order valence-electron chi connectivity index (χ2n) is 6.96. The molecular weight excluding hydrogens is 408 g/mol. The van der Waals surface area contributed by atoms with Gasteiger partial charge >= 0.3 is 0 Å². The van der Waals surface area contributed by atoms with Crippen LogP contribution in [-0.4, -0.2) is 34.7 Å². The number of aryl methyl sites for hydroxylation is 1. The summed E-state index contributed by atoms with van der Waals surface area (Å²) < 4.78 is 2.77. The maximum absolute atomic E-state index is 12.6. The highest BCUT2D eigenvalue weighted by Gasteiger charge is 2.22. The van der Waals surface area contributed by atoms with Gasteiger partial charge in [0.15, 0.2) is 0 Å². The Balaban J connectivity index is 1.58. The van der Waals surface area contributed by atoms with Gasteiger partial charge in [-0.3, -0.25) is 9.59 Å². The lowest BCUT2D eigenvalue weighted by Gasteiger charge is -2.11. The molecule has 2 aromatic rings. The quantitative estimate of drug-likeness (QED) is 0.687. The zero-order valence-corrected chi connectivity index (χ0v) is 17.3. The van der Waals surface area contributed by atoms with E-state index in [0.29, 0.717) is 24.3 Å². The van der Waals surface area contributed by atoms with Crippen LogP contribution in [0.15, 0.2) is 28.7 Å². The van der Waals surface area contributed by atoms with Gasteiger partial charge in [0.05, 0.1) is 22.6 Å². The molecule has 3 rings (SSSR count). The van der Waals surface area contributed by atoms with Crippen LogP contribution in [0.3, 0.4) is 0 Å². The molecule has 2 N–H and O–H groups in total. The van der Waals surface area contributed by atoms with Gasteiger partial charge in [0.25, 0.3) is 5.91 Å². The molecule has 1 aromatic heterocycles. The van der Waals surface area contributed by atoms with Crippen LogP contribution in [0.5, 0.6) is 0 Å². The van der Waals surface area contributed by atoms with Crippen LogP contribution in [0.2, 0.25) is 0 Å². The number of carbonyl (C=O) groups is 2. The second kappa shape index (κ2) is 8.69. The van der Waals surface area contributed by atoms with Crippen LogP contribution >= 0.6 is 15.9 Å². The molecule has 1 aliphatic carbocycles. The fourth-order valence-corrected chi connectivity index (χ4v) is 3.85. The number of rotatable bonds is 6. The fraction of sp³-hybridized carbons (Fsp3) is 0.450. The van der Waals surface area contributed by atoms with Crippen molar-refractivity contribution in [3.05, 3.63) is 45.7 Å². The molecule has 27 heavy (non-hydrogen) atoms. The van der Waals surface area contributed by atoms with Gasteiger partial charge in [0.1, 0.15) is 0 Å². The molecule has 0 saturated heterocycles. The lowest BCUT2D eigenvalue weighted by Crippen LogP contribution is -2.37. The molecule has 1 aliphatic rings. The van der Waals surface area contributed by atoms with E-state index in [0.717, 1.165) is 41.5 Å². The molecule has 1 saturated carbocycles. The first-order valence-electron chi connectivity index (χ1n) is 9.35. The molecule has 2 amide bonds. The third-order valence-corrected chi connectivity index (χ3v) is 5.55. The number of carbonyl (C=O) groups excluding carboxylic acids is 2. The smallest absolute Gasteiger partial charge is 0.255 e. The highest BCUT2D eigenvalue weighted by molar-refractivity contribution is 9.10. The predicted octanol–water partition coefficient (Wildman–Crippen LogP) is 3.29.